The Hall–Kier alpha value is -1.30. The summed E-state index contributed by atoms with van der Waals surface area (Å²) in [4.78, 5) is 9.54. The molecule has 0 aliphatic rings. The molecular formula is C5H6N2O. The molecule has 0 aromatic carbocycles. The number of allylic oxidation sites excluding steroid dienone is 1. The molecule has 0 aromatic rings. The number of carbonyl (C=O) groups excluding carboxylic acids is 1. The van der Waals surface area contributed by atoms with Crippen molar-refractivity contribution in [3.63, 3.8) is 0 Å². The molecule has 0 aliphatic carbocycles. The van der Waals surface area contributed by atoms with Crippen LogP contribution >= 0.6 is 0 Å². The molecule has 0 aliphatic heterocycles. The molecule has 0 heterocycles. The van der Waals surface area contributed by atoms with Crippen LogP contribution in [-0.4, -0.2) is 13.0 Å². The average Bonchev–Trinajstić information content (AvgIpc) is 1.81. The number of hydrogen-bond donors (Lipinski definition) is 1. The summed E-state index contributed by atoms with van der Waals surface area (Å²) in [6.07, 6.45) is 3.46. The highest BCUT2D eigenvalue weighted by Gasteiger charge is 1.68. The molecule has 0 saturated heterocycles. The van der Waals surface area contributed by atoms with Crippen LogP contribution in [0.25, 0.3) is 0 Å². The van der Waals surface area contributed by atoms with Crippen LogP contribution in [0.2, 0.25) is 0 Å². The van der Waals surface area contributed by atoms with Crippen molar-refractivity contribution in [1.82, 2.24) is 5.32 Å². The molecular weight excluding hydrogens is 104 g/mol. The molecule has 0 atom stereocenters. The average molecular weight is 110 g/mol. The SMILES string of the molecule is N#CC=CCNC=O. The normalized spacial score (nSPS) is 8.38. The van der Waals surface area contributed by atoms with E-state index >= 15 is 0 Å². The molecule has 3 nitrogen and oxygen atoms in total. The monoisotopic (exact) mass is 110 g/mol. The van der Waals surface area contributed by atoms with E-state index in [1.165, 1.54) is 6.08 Å². The van der Waals surface area contributed by atoms with E-state index in [9.17, 15) is 4.79 Å². The fourth-order valence-electron chi connectivity index (χ4n) is 0.228. The second kappa shape index (κ2) is 5.70. The van der Waals surface area contributed by atoms with Gasteiger partial charge in [0.15, 0.2) is 0 Å². The van der Waals surface area contributed by atoms with E-state index in [2.05, 4.69) is 5.32 Å². The third kappa shape index (κ3) is 4.70. The van der Waals surface area contributed by atoms with Gasteiger partial charge in [0, 0.05) is 12.6 Å². The lowest BCUT2D eigenvalue weighted by Crippen LogP contribution is -2.08. The second-order valence-corrected chi connectivity index (χ2v) is 1.06. The fraction of sp³-hybridized carbons (Fsp3) is 0.200. The Labute approximate surface area is 47.6 Å². The summed E-state index contributed by atoms with van der Waals surface area (Å²) in [6, 6.07) is 1.79. The highest BCUT2D eigenvalue weighted by Crippen LogP contribution is 1.62. The molecule has 0 rings (SSSR count). The Balaban J connectivity index is 3.06. The van der Waals surface area contributed by atoms with Crippen LogP contribution in [0, 0.1) is 11.3 Å². The van der Waals surface area contributed by atoms with Gasteiger partial charge in [-0.1, -0.05) is 6.08 Å². The molecule has 0 saturated carbocycles. The molecule has 0 spiro atoms. The maximum atomic E-state index is 9.54. The first-order valence-electron chi connectivity index (χ1n) is 2.13. The number of hydrogen-bond acceptors (Lipinski definition) is 2. The third-order valence-corrected chi connectivity index (χ3v) is 0.511. The summed E-state index contributed by atoms with van der Waals surface area (Å²) in [5.41, 5.74) is 0. The Bertz CT molecular complexity index is 123. The summed E-state index contributed by atoms with van der Waals surface area (Å²) in [7, 11) is 0. The predicted molar refractivity (Wildman–Crippen MR) is 28.8 cm³/mol. The topological polar surface area (TPSA) is 52.9 Å². The maximum absolute atomic E-state index is 9.54. The lowest BCUT2D eigenvalue weighted by atomic mass is 10.5. The zero-order chi connectivity index (χ0) is 6.24. The maximum Gasteiger partial charge on any atom is 0.207 e. The number of nitriles is 1. The first-order valence-corrected chi connectivity index (χ1v) is 2.13. The summed E-state index contributed by atoms with van der Waals surface area (Å²) >= 11 is 0. The standard InChI is InChI=1S/C5H6N2O/c6-3-1-2-4-7-5-8/h1-2,5H,4H2,(H,7,8). The van der Waals surface area contributed by atoms with Crippen molar-refractivity contribution >= 4 is 6.41 Å². The van der Waals surface area contributed by atoms with E-state index in [0.717, 1.165) is 0 Å². The highest BCUT2D eigenvalue weighted by molar-refractivity contribution is 5.46. The van der Waals surface area contributed by atoms with Gasteiger partial charge in [-0.05, 0) is 0 Å². The van der Waals surface area contributed by atoms with Gasteiger partial charge in [-0.15, -0.1) is 0 Å². The van der Waals surface area contributed by atoms with Gasteiger partial charge >= 0.3 is 0 Å². The Morgan fingerprint density at radius 1 is 1.75 bits per heavy atom. The van der Waals surface area contributed by atoms with Crippen molar-refractivity contribution in [1.29, 1.82) is 5.26 Å². The van der Waals surface area contributed by atoms with Crippen LogP contribution < -0.4 is 5.32 Å². The minimum absolute atomic E-state index is 0.428. The highest BCUT2D eigenvalue weighted by atomic mass is 16.1. The molecule has 1 N–H and O–H groups in total. The van der Waals surface area contributed by atoms with Gasteiger partial charge in [-0.25, -0.2) is 0 Å². The van der Waals surface area contributed by atoms with Gasteiger partial charge in [-0.2, -0.15) is 5.26 Å². The van der Waals surface area contributed by atoms with Crippen molar-refractivity contribution in [2.45, 2.75) is 0 Å². The van der Waals surface area contributed by atoms with Crippen LogP contribution in [0.1, 0.15) is 0 Å². The second-order valence-electron chi connectivity index (χ2n) is 1.06. The predicted octanol–water partition coefficient (Wildman–Crippen LogP) is -0.188. The van der Waals surface area contributed by atoms with Gasteiger partial charge in [0.2, 0.25) is 6.41 Å². The van der Waals surface area contributed by atoms with Crippen molar-refractivity contribution in [2.24, 2.45) is 0 Å². The summed E-state index contributed by atoms with van der Waals surface area (Å²) in [6.45, 7) is 0.428. The van der Waals surface area contributed by atoms with Gasteiger partial charge in [0.05, 0.1) is 6.07 Å². The van der Waals surface area contributed by atoms with E-state index in [1.807, 2.05) is 0 Å². The van der Waals surface area contributed by atoms with E-state index in [-0.39, 0.29) is 0 Å². The summed E-state index contributed by atoms with van der Waals surface area (Å²) in [5.74, 6) is 0. The van der Waals surface area contributed by atoms with Crippen LogP contribution in [0.15, 0.2) is 12.2 Å². The van der Waals surface area contributed by atoms with Crippen molar-refractivity contribution < 1.29 is 4.79 Å². The molecule has 0 fully saturated rings. The first kappa shape index (κ1) is 6.70. The molecule has 1 amide bonds. The lowest BCUT2D eigenvalue weighted by Gasteiger charge is -1.82. The van der Waals surface area contributed by atoms with E-state index in [1.54, 1.807) is 12.1 Å². The lowest BCUT2D eigenvalue weighted by molar-refractivity contribution is -0.109. The van der Waals surface area contributed by atoms with Crippen LogP contribution in [0.4, 0.5) is 0 Å². The number of nitrogens with one attached hydrogen (secondary N) is 1. The van der Waals surface area contributed by atoms with Gasteiger partial charge in [-0.3, -0.25) is 4.79 Å². The first-order chi connectivity index (χ1) is 3.91. The van der Waals surface area contributed by atoms with Gasteiger partial charge in [0.1, 0.15) is 0 Å². The summed E-state index contributed by atoms with van der Waals surface area (Å²) < 4.78 is 0. The molecule has 0 aromatic heterocycles. The number of amides is 1. The Morgan fingerprint density at radius 2 is 2.50 bits per heavy atom. The molecule has 8 heavy (non-hydrogen) atoms. The molecule has 0 unspecified atom stereocenters. The zero-order valence-corrected chi connectivity index (χ0v) is 4.29. The number of rotatable bonds is 3. The summed E-state index contributed by atoms with van der Waals surface area (Å²) in [5, 5.41) is 10.3. The van der Waals surface area contributed by atoms with E-state index < -0.39 is 0 Å². The quantitative estimate of drug-likeness (QED) is 0.311. The molecule has 0 radical (unpaired) electrons. The minimum atomic E-state index is 0.428. The van der Waals surface area contributed by atoms with Crippen LogP contribution in [-0.2, 0) is 4.79 Å². The third-order valence-electron chi connectivity index (χ3n) is 0.511. The molecule has 3 heteroatoms. The zero-order valence-electron chi connectivity index (χ0n) is 4.29. The fourth-order valence-corrected chi connectivity index (χ4v) is 0.228. The molecule has 42 valence electrons. The van der Waals surface area contributed by atoms with Crippen LogP contribution in [0.3, 0.4) is 0 Å². The van der Waals surface area contributed by atoms with Crippen molar-refractivity contribution in [3.05, 3.63) is 12.2 Å². The smallest absolute Gasteiger partial charge is 0.207 e. The number of nitrogens with zero attached hydrogens (tertiary/aromatic N) is 1. The van der Waals surface area contributed by atoms with E-state index in [4.69, 9.17) is 5.26 Å². The Morgan fingerprint density at radius 3 is 3.00 bits per heavy atom. The van der Waals surface area contributed by atoms with Crippen molar-refractivity contribution in [3.8, 4) is 6.07 Å². The van der Waals surface area contributed by atoms with Gasteiger partial charge in [0.25, 0.3) is 0 Å². The van der Waals surface area contributed by atoms with E-state index in [0.29, 0.717) is 13.0 Å². The number of carbonyl (C=O) groups is 1. The van der Waals surface area contributed by atoms with Crippen LogP contribution in [0.5, 0.6) is 0 Å². The van der Waals surface area contributed by atoms with Crippen molar-refractivity contribution in [2.75, 3.05) is 6.54 Å². The molecule has 0 bridgehead atoms. The van der Waals surface area contributed by atoms with Gasteiger partial charge < -0.3 is 5.32 Å². The Kier molecular flexibility index (Phi) is 4.77. The largest absolute Gasteiger partial charge is 0.355 e. The minimum Gasteiger partial charge on any atom is -0.355 e.